The Labute approximate surface area is 135 Å². The van der Waals surface area contributed by atoms with Crippen LogP contribution < -0.4 is 5.32 Å². The zero-order chi connectivity index (χ0) is 15.9. The summed E-state index contributed by atoms with van der Waals surface area (Å²) in [6, 6.07) is 7.64. The Morgan fingerprint density at radius 3 is 2.73 bits per heavy atom. The molecule has 1 N–H and O–H groups in total. The summed E-state index contributed by atoms with van der Waals surface area (Å²) in [5.74, 6) is 0.0341. The van der Waals surface area contributed by atoms with Crippen molar-refractivity contribution in [2.45, 2.75) is 19.3 Å². The molecule has 6 heteroatoms. The molecule has 0 saturated carbocycles. The molecule has 1 aliphatic heterocycles. The summed E-state index contributed by atoms with van der Waals surface area (Å²) >= 11 is 5.93. The van der Waals surface area contributed by atoms with E-state index < -0.39 is 0 Å². The molecule has 0 bridgehead atoms. The molecule has 22 heavy (non-hydrogen) atoms. The molecule has 1 aliphatic rings. The topological polar surface area (TPSA) is 58.6 Å². The fourth-order valence-electron chi connectivity index (χ4n) is 2.62. The molecule has 1 heterocycles. The fourth-order valence-corrected chi connectivity index (χ4v) is 2.83. The van der Waals surface area contributed by atoms with E-state index in [2.05, 4.69) is 10.1 Å². The quantitative estimate of drug-likeness (QED) is 0.925. The molecular weight excluding hydrogens is 304 g/mol. The molecule has 0 spiro atoms. The average molecular weight is 325 g/mol. The predicted molar refractivity (Wildman–Crippen MR) is 84.9 cm³/mol. The molecule has 0 aliphatic carbocycles. The van der Waals surface area contributed by atoms with Crippen LogP contribution in [0.25, 0.3) is 0 Å². The maximum atomic E-state index is 12.1. The smallest absolute Gasteiger partial charge is 0.409 e. The van der Waals surface area contributed by atoms with Gasteiger partial charge in [-0.05, 0) is 37.0 Å². The van der Waals surface area contributed by atoms with Crippen molar-refractivity contribution in [1.82, 2.24) is 10.2 Å². The minimum atomic E-state index is -0.320. The van der Waals surface area contributed by atoms with Gasteiger partial charge in [-0.2, -0.15) is 0 Å². The van der Waals surface area contributed by atoms with Gasteiger partial charge in [0, 0.05) is 30.6 Å². The molecule has 1 fully saturated rings. The molecular formula is C16H21ClN2O3. The van der Waals surface area contributed by atoms with Crippen molar-refractivity contribution < 1.29 is 14.3 Å². The van der Waals surface area contributed by atoms with Crippen LogP contribution in [-0.4, -0.2) is 43.6 Å². The first-order chi connectivity index (χ1) is 10.6. The van der Waals surface area contributed by atoms with Crippen LogP contribution in [0.3, 0.4) is 0 Å². The molecule has 0 radical (unpaired) electrons. The second kappa shape index (κ2) is 8.03. The number of ether oxygens (including phenoxy) is 1. The van der Waals surface area contributed by atoms with Gasteiger partial charge >= 0.3 is 6.09 Å². The zero-order valence-electron chi connectivity index (χ0n) is 12.7. The molecule has 1 saturated heterocycles. The zero-order valence-corrected chi connectivity index (χ0v) is 13.4. The largest absolute Gasteiger partial charge is 0.453 e. The number of likely N-dealkylation sites (tertiary alicyclic amines) is 1. The van der Waals surface area contributed by atoms with Crippen molar-refractivity contribution in [2.75, 3.05) is 26.7 Å². The van der Waals surface area contributed by atoms with Crippen LogP contribution in [0.2, 0.25) is 5.02 Å². The molecule has 120 valence electrons. The van der Waals surface area contributed by atoms with Crippen molar-refractivity contribution in [2.24, 2.45) is 5.92 Å². The summed E-state index contributed by atoms with van der Waals surface area (Å²) in [5, 5.41) is 3.67. The molecule has 5 nitrogen and oxygen atoms in total. The van der Waals surface area contributed by atoms with Gasteiger partial charge in [-0.25, -0.2) is 4.79 Å². The highest BCUT2D eigenvalue weighted by molar-refractivity contribution is 6.30. The molecule has 0 aromatic heterocycles. The number of methoxy groups -OCH3 is 1. The van der Waals surface area contributed by atoms with Crippen LogP contribution in [0.15, 0.2) is 24.3 Å². The van der Waals surface area contributed by atoms with E-state index in [4.69, 9.17) is 11.6 Å². The third-order valence-corrected chi connectivity index (χ3v) is 4.14. The third kappa shape index (κ3) is 4.63. The number of carbonyl (C=O) groups excluding carboxylic acids is 2. The highest BCUT2D eigenvalue weighted by Crippen LogP contribution is 2.18. The van der Waals surface area contributed by atoms with Gasteiger partial charge in [0.15, 0.2) is 0 Å². The second-order valence-electron chi connectivity index (χ2n) is 5.40. The molecule has 0 unspecified atom stereocenters. The van der Waals surface area contributed by atoms with Crippen LogP contribution in [-0.2, 0) is 16.0 Å². The van der Waals surface area contributed by atoms with Crippen LogP contribution in [0.5, 0.6) is 0 Å². The minimum Gasteiger partial charge on any atom is -0.453 e. The van der Waals surface area contributed by atoms with Gasteiger partial charge in [0.2, 0.25) is 5.91 Å². The van der Waals surface area contributed by atoms with Crippen molar-refractivity contribution in [3.63, 3.8) is 0 Å². The van der Waals surface area contributed by atoms with Crippen LogP contribution in [0, 0.1) is 5.92 Å². The summed E-state index contributed by atoms with van der Waals surface area (Å²) < 4.78 is 4.68. The molecule has 2 rings (SSSR count). The van der Waals surface area contributed by atoms with Crippen LogP contribution >= 0.6 is 11.6 Å². The predicted octanol–water partition coefficient (Wildman–Crippen LogP) is 2.48. The number of amides is 2. The first-order valence-corrected chi connectivity index (χ1v) is 7.83. The number of hydrogen-bond acceptors (Lipinski definition) is 3. The molecule has 1 aromatic rings. The van der Waals surface area contributed by atoms with Crippen molar-refractivity contribution in [1.29, 1.82) is 0 Å². The maximum Gasteiger partial charge on any atom is 0.409 e. The summed E-state index contributed by atoms with van der Waals surface area (Å²) in [6.45, 7) is 1.73. The first kappa shape index (κ1) is 16.6. The maximum absolute atomic E-state index is 12.1. The van der Waals surface area contributed by atoms with Gasteiger partial charge in [0.05, 0.1) is 7.11 Å². The number of nitrogens with one attached hydrogen (secondary N) is 1. The van der Waals surface area contributed by atoms with Gasteiger partial charge in [-0.3, -0.25) is 4.79 Å². The Morgan fingerprint density at radius 2 is 2.09 bits per heavy atom. The molecule has 1 aromatic carbocycles. The standard InChI is InChI=1S/C16H21ClN2O3/c1-22-16(21)19-9-6-13(7-10-19)15(20)18-8-5-12-3-2-4-14(17)11-12/h2-4,11,13H,5-10H2,1H3,(H,18,20). The fraction of sp³-hybridized carbons (Fsp3) is 0.500. The minimum absolute atomic E-state index is 0.0275. The Kier molecular flexibility index (Phi) is 6.07. The highest BCUT2D eigenvalue weighted by atomic mass is 35.5. The second-order valence-corrected chi connectivity index (χ2v) is 5.84. The number of carbonyl (C=O) groups is 2. The van der Waals surface area contributed by atoms with E-state index >= 15 is 0 Å². The highest BCUT2D eigenvalue weighted by Gasteiger charge is 2.27. The molecule has 0 atom stereocenters. The number of rotatable bonds is 4. The summed E-state index contributed by atoms with van der Waals surface area (Å²) in [6.07, 6.45) is 1.79. The van der Waals surface area contributed by atoms with Gasteiger partial charge in [0.1, 0.15) is 0 Å². The van der Waals surface area contributed by atoms with Gasteiger partial charge in [-0.1, -0.05) is 23.7 Å². The number of piperidine rings is 1. The third-order valence-electron chi connectivity index (χ3n) is 3.90. The van der Waals surface area contributed by atoms with Crippen LogP contribution in [0.1, 0.15) is 18.4 Å². The monoisotopic (exact) mass is 324 g/mol. The van der Waals surface area contributed by atoms with Crippen molar-refractivity contribution in [3.8, 4) is 0 Å². The lowest BCUT2D eigenvalue weighted by Gasteiger charge is -2.30. The van der Waals surface area contributed by atoms with E-state index in [0.717, 1.165) is 12.0 Å². The van der Waals surface area contributed by atoms with E-state index in [1.807, 2.05) is 24.3 Å². The van der Waals surface area contributed by atoms with E-state index in [-0.39, 0.29) is 17.9 Å². The van der Waals surface area contributed by atoms with E-state index in [0.29, 0.717) is 37.5 Å². The van der Waals surface area contributed by atoms with E-state index in [1.54, 1.807) is 4.90 Å². The lowest BCUT2D eigenvalue weighted by molar-refractivity contribution is -0.126. The summed E-state index contributed by atoms with van der Waals surface area (Å²) in [5.41, 5.74) is 1.10. The van der Waals surface area contributed by atoms with E-state index in [9.17, 15) is 9.59 Å². The molecule has 2 amide bonds. The average Bonchev–Trinajstić information content (AvgIpc) is 2.54. The Bertz CT molecular complexity index is 528. The van der Waals surface area contributed by atoms with Crippen LogP contribution in [0.4, 0.5) is 4.79 Å². The normalized spacial score (nSPS) is 15.5. The van der Waals surface area contributed by atoms with Crippen molar-refractivity contribution in [3.05, 3.63) is 34.9 Å². The number of nitrogens with zero attached hydrogens (tertiary/aromatic N) is 1. The van der Waals surface area contributed by atoms with Gasteiger partial charge in [0.25, 0.3) is 0 Å². The lowest BCUT2D eigenvalue weighted by atomic mass is 9.96. The Hall–Kier alpha value is -1.75. The number of halogens is 1. The lowest BCUT2D eigenvalue weighted by Crippen LogP contribution is -2.43. The SMILES string of the molecule is COC(=O)N1CCC(C(=O)NCCc2cccc(Cl)c2)CC1. The summed E-state index contributed by atoms with van der Waals surface area (Å²) in [7, 11) is 1.37. The first-order valence-electron chi connectivity index (χ1n) is 7.45. The van der Waals surface area contributed by atoms with E-state index in [1.165, 1.54) is 7.11 Å². The summed E-state index contributed by atoms with van der Waals surface area (Å²) in [4.78, 5) is 25.2. The number of benzene rings is 1. The Balaban J connectivity index is 1.71. The van der Waals surface area contributed by atoms with Crippen molar-refractivity contribution >= 4 is 23.6 Å². The Morgan fingerprint density at radius 1 is 1.36 bits per heavy atom. The van der Waals surface area contributed by atoms with Gasteiger partial charge in [-0.15, -0.1) is 0 Å². The number of hydrogen-bond donors (Lipinski definition) is 1. The van der Waals surface area contributed by atoms with Gasteiger partial charge < -0.3 is 15.0 Å².